The summed E-state index contributed by atoms with van der Waals surface area (Å²) >= 11 is 1.09. The average molecular weight is 347 g/mol. The molecule has 1 aromatic rings. The van der Waals surface area contributed by atoms with Crippen molar-refractivity contribution in [3.8, 4) is 0 Å². The van der Waals surface area contributed by atoms with Gasteiger partial charge in [-0.3, -0.25) is 4.79 Å². The Bertz CT molecular complexity index is 620. The van der Waals surface area contributed by atoms with Gasteiger partial charge in [-0.1, -0.05) is 4.49 Å². The summed E-state index contributed by atoms with van der Waals surface area (Å²) in [5, 5.41) is 6.70. The lowest BCUT2D eigenvalue weighted by Gasteiger charge is -2.32. The van der Waals surface area contributed by atoms with Gasteiger partial charge in [0.25, 0.3) is 16.1 Å². The summed E-state index contributed by atoms with van der Waals surface area (Å²) in [6.45, 7) is 3.28. The molecule has 124 valence electrons. The lowest BCUT2D eigenvalue weighted by atomic mass is 9.98. The van der Waals surface area contributed by atoms with Crippen molar-refractivity contribution >= 4 is 27.6 Å². The van der Waals surface area contributed by atoms with Gasteiger partial charge in [-0.05, 0) is 37.2 Å². The Morgan fingerprint density at radius 2 is 2.05 bits per heavy atom. The minimum Gasteiger partial charge on any atom is -0.351 e. The minimum absolute atomic E-state index is 0.157. The van der Waals surface area contributed by atoms with E-state index in [1.165, 1.54) is 22.7 Å². The van der Waals surface area contributed by atoms with Gasteiger partial charge in [-0.25, -0.2) is 0 Å². The van der Waals surface area contributed by atoms with E-state index < -0.39 is 10.2 Å². The molecule has 0 spiro atoms. The van der Waals surface area contributed by atoms with Crippen LogP contribution in [0.15, 0.2) is 0 Å². The number of carbonyl (C=O) groups is 1. The smallest absolute Gasteiger partial charge is 0.281 e. The maximum atomic E-state index is 12.0. The van der Waals surface area contributed by atoms with Crippen molar-refractivity contribution in [2.24, 2.45) is 5.92 Å². The van der Waals surface area contributed by atoms with Crippen molar-refractivity contribution in [3.05, 3.63) is 10.6 Å². The van der Waals surface area contributed by atoms with E-state index in [2.05, 4.69) is 14.9 Å². The van der Waals surface area contributed by atoms with E-state index in [0.29, 0.717) is 36.1 Å². The summed E-state index contributed by atoms with van der Waals surface area (Å²) in [7, 11) is -0.262. The van der Waals surface area contributed by atoms with E-state index >= 15 is 0 Å². The van der Waals surface area contributed by atoms with Crippen LogP contribution >= 0.6 is 11.5 Å². The molecule has 1 saturated heterocycles. The molecule has 0 atom stereocenters. The number of hydrogen-bond donors (Lipinski definition) is 1. The third-order valence-electron chi connectivity index (χ3n) is 3.77. The molecule has 0 saturated carbocycles. The molecule has 0 bridgehead atoms. The summed E-state index contributed by atoms with van der Waals surface area (Å²) in [6, 6.07) is 0. The van der Waals surface area contributed by atoms with Crippen LogP contribution in [0.3, 0.4) is 0 Å². The highest BCUT2D eigenvalue weighted by Gasteiger charge is 2.29. The third-order valence-corrected chi connectivity index (χ3v) is 6.54. The number of aryl methyl sites for hydroxylation is 1. The van der Waals surface area contributed by atoms with Crippen LogP contribution in [-0.4, -0.2) is 66.3 Å². The zero-order valence-corrected chi connectivity index (χ0v) is 14.6. The lowest BCUT2D eigenvalue weighted by Crippen LogP contribution is -2.45. The summed E-state index contributed by atoms with van der Waals surface area (Å²) in [5.41, 5.74) is 0.634. The molecule has 1 amide bonds. The second kappa shape index (κ2) is 6.99. The molecule has 0 aliphatic carbocycles. The number of nitrogens with one attached hydrogen (secondary N) is 1. The largest absolute Gasteiger partial charge is 0.351 e. The number of rotatable bonds is 5. The van der Waals surface area contributed by atoms with Gasteiger partial charge in [0, 0.05) is 33.7 Å². The van der Waals surface area contributed by atoms with Crippen LogP contribution in [0.5, 0.6) is 0 Å². The number of aromatic nitrogens is 2. The Balaban J connectivity index is 1.81. The Hall–Kier alpha value is -1.10. The van der Waals surface area contributed by atoms with Crippen LogP contribution in [0.25, 0.3) is 0 Å². The molecular weight excluding hydrogens is 326 g/mol. The second-order valence-electron chi connectivity index (χ2n) is 5.53. The van der Waals surface area contributed by atoms with Gasteiger partial charge in [0.15, 0.2) is 0 Å². The quantitative estimate of drug-likeness (QED) is 0.815. The molecular formula is C12H21N5O3S2. The van der Waals surface area contributed by atoms with Gasteiger partial charge < -0.3 is 5.32 Å². The van der Waals surface area contributed by atoms with Gasteiger partial charge in [-0.2, -0.15) is 17.0 Å². The maximum absolute atomic E-state index is 12.0. The highest BCUT2D eigenvalue weighted by atomic mass is 32.2. The van der Waals surface area contributed by atoms with Crippen molar-refractivity contribution in [1.82, 2.24) is 23.5 Å². The van der Waals surface area contributed by atoms with Crippen LogP contribution in [-0.2, 0) is 10.2 Å². The zero-order valence-electron chi connectivity index (χ0n) is 12.9. The van der Waals surface area contributed by atoms with Crippen molar-refractivity contribution in [1.29, 1.82) is 0 Å². The molecule has 10 heteroatoms. The Labute approximate surface area is 134 Å². The maximum Gasteiger partial charge on any atom is 0.281 e. The highest BCUT2D eigenvalue weighted by molar-refractivity contribution is 7.86. The molecule has 0 radical (unpaired) electrons. The first-order valence-corrected chi connectivity index (χ1v) is 9.24. The van der Waals surface area contributed by atoms with Gasteiger partial charge in [0.2, 0.25) is 0 Å². The Morgan fingerprint density at radius 1 is 1.41 bits per heavy atom. The third kappa shape index (κ3) is 3.80. The number of hydrogen-bond acceptors (Lipinski definition) is 6. The molecule has 1 aliphatic rings. The SMILES string of the molecule is Cc1nnsc1C(=O)NCC1CCN(S(=O)(=O)N(C)C)CC1. The van der Waals surface area contributed by atoms with Crippen molar-refractivity contribution in [3.63, 3.8) is 0 Å². The number of carbonyl (C=O) groups excluding carboxylic acids is 1. The number of piperidine rings is 1. The fourth-order valence-electron chi connectivity index (χ4n) is 2.33. The van der Waals surface area contributed by atoms with E-state index in [-0.39, 0.29) is 5.91 Å². The highest BCUT2D eigenvalue weighted by Crippen LogP contribution is 2.20. The lowest BCUT2D eigenvalue weighted by molar-refractivity contribution is 0.0944. The van der Waals surface area contributed by atoms with E-state index in [4.69, 9.17) is 0 Å². The van der Waals surface area contributed by atoms with Crippen molar-refractivity contribution < 1.29 is 13.2 Å². The van der Waals surface area contributed by atoms with Crippen LogP contribution in [0.4, 0.5) is 0 Å². The van der Waals surface area contributed by atoms with Gasteiger partial charge in [0.05, 0.1) is 5.69 Å². The molecule has 1 aromatic heterocycles. The molecule has 22 heavy (non-hydrogen) atoms. The summed E-state index contributed by atoms with van der Waals surface area (Å²) in [5.74, 6) is 0.134. The zero-order chi connectivity index (χ0) is 16.3. The van der Waals surface area contributed by atoms with Crippen LogP contribution in [0.1, 0.15) is 28.2 Å². The molecule has 1 fully saturated rings. The Kier molecular flexibility index (Phi) is 5.48. The summed E-state index contributed by atoms with van der Waals surface area (Å²) in [4.78, 5) is 12.5. The van der Waals surface area contributed by atoms with Gasteiger partial charge >= 0.3 is 0 Å². The van der Waals surface area contributed by atoms with E-state index in [9.17, 15) is 13.2 Å². The van der Waals surface area contributed by atoms with Crippen LogP contribution in [0.2, 0.25) is 0 Å². The van der Waals surface area contributed by atoms with E-state index in [1.807, 2.05) is 0 Å². The molecule has 1 N–H and O–H groups in total. The van der Waals surface area contributed by atoms with E-state index in [1.54, 1.807) is 6.92 Å². The normalized spacial score (nSPS) is 17.8. The summed E-state index contributed by atoms with van der Waals surface area (Å²) in [6.07, 6.45) is 1.49. The first kappa shape index (κ1) is 17.3. The topological polar surface area (TPSA) is 95.5 Å². The second-order valence-corrected chi connectivity index (χ2v) is 8.43. The fraction of sp³-hybridized carbons (Fsp3) is 0.750. The first-order chi connectivity index (χ1) is 10.3. The first-order valence-electron chi connectivity index (χ1n) is 7.07. The van der Waals surface area contributed by atoms with Crippen molar-refractivity contribution in [2.45, 2.75) is 19.8 Å². The molecule has 8 nitrogen and oxygen atoms in total. The minimum atomic E-state index is -3.33. The molecule has 0 unspecified atom stereocenters. The molecule has 1 aliphatic heterocycles. The molecule has 0 aromatic carbocycles. The average Bonchev–Trinajstić information content (AvgIpc) is 2.91. The van der Waals surface area contributed by atoms with E-state index in [0.717, 1.165) is 24.4 Å². The van der Waals surface area contributed by atoms with Gasteiger partial charge in [-0.15, -0.1) is 5.10 Å². The van der Waals surface area contributed by atoms with Crippen molar-refractivity contribution in [2.75, 3.05) is 33.7 Å². The summed E-state index contributed by atoms with van der Waals surface area (Å²) < 4.78 is 30.5. The predicted octanol–water partition coefficient (Wildman–Crippen LogP) is 0.0947. The molecule has 2 rings (SSSR count). The fourth-order valence-corrected chi connectivity index (χ4v) is 4.04. The predicted molar refractivity (Wildman–Crippen MR) is 83.9 cm³/mol. The molecule has 2 heterocycles. The van der Waals surface area contributed by atoms with Crippen LogP contribution < -0.4 is 5.32 Å². The number of amides is 1. The van der Waals surface area contributed by atoms with Gasteiger partial charge in [0.1, 0.15) is 4.88 Å². The standard InChI is InChI=1S/C12H21N5O3S2/c1-9-11(21-15-14-9)12(18)13-8-10-4-6-17(7-5-10)22(19,20)16(2)3/h10H,4-8H2,1-3H3,(H,13,18). The monoisotopic (exact) mass is 347 g/mol. The van der Waals surface area contributed by atoms with Crippen LogP contribution in [0, 0.1) is 12.8 Å². The Morgan fingerprint density at radius 3 is 2.55 bits per heavy atom. The number of nitrogens with zero attached hydrogens (tertiary/aromatic N) is 4.